The van der Waals surface area contributed by atoms with Crippen molar-refractivity contribution in [1.29, 1.82) is 0 Å². The number of nitrogens with one attached hydrogen (secondary N) is 3. The molecule has 4 atom stereocenters. The van der Waals surface area contributed by atoms with Crippen molar-refractivity contribution in [2.24, 2.45) is 0 Å². The highest BCUT2D eigenvalue weighted by Crippen LogP contribution is 2.37. The minimum absolute atomic E-state index is 0.0767. The molecule has 3 N–H and O–H groups in total. The van der Waals surface area contributed by atoms with Gasteiger partial charge in [0.15, 0.2) is 5.69 Å². The van der Waals surface area contributed by atoms with Crippen molar-refractivity contribution in [3.8, 4) is 10.6 Å². The maximum absolute atomic E-state index is 12.8. The Labute approximate surface area is 279 Å². The minimum atomic E-state index is -0.0767. The summed E-state index contributed by atoms with van der Waals surface area (Å²) < 4.78 is 0. The lowest BCUT2D eigenvalue weighted by Crippen LogP contribution is -2.48. The molecule has 4 aliphatic heterocycles. The maximum Gasteiger partial charge on any atom is 0.272 e. The molecule has 4 bridgehead atoms. The van der Waals surface area contributed by atoms with Crippen LogP contribution in [0.4, 0.5) is 0 Å². The first-order valence-electron chi connectivity index (χ1n) is 17.2. The van der Waals surface area contributed by atoms with E-state index in [0.29, 0.717) is 23.8 Å². The standard InChI is InChI=1S/C19H21N5OS.C17H24N4/c1-24-13-3-4-14(24)10-12(9-13)21-18(25)17-15-5-2-11(8-16(15)22-23-17)19-20-6-7-26-19;1-20(14-9-12-7-8-13(10-14)21(12)2)11-17-15-5-3-4-6-16(15)18-19-17/h2,5-8,12-14H,3-4,9-10H2,1H3,(H,21,25)(H,22,23);3-6,12-14H,7-11H2,1-2H3,(H,18,19). The maximum atomic E-state index is 12.8. The molecule has 11 heteroatoms. The van der Waals surface area contributed by atoms with Gasteiger partial charge in [-0.1, -0.05) is 24.3 Å². The summed E-state index contributed by atoms with van der Waals surface area (Å²) in [6.07, 6.45) is 11.8. The third kappa shape index (κ3) is 5.99. The number of para-hydroxylation sites is 1. The van der Waals surface area contributed by atoms with E-state index >= 15 is 0 Å². The number of aromatic nitrogens is 5. The lowest BCUT2D eigenvalue weighted by molar-refractivity contribution is 0.0863. The number of hydrogen-bond acceptors (Lipinski definition) is 8. The van der Waals surface area contributed by atoms with Crippen LogP contribution in [0.1, 0.15) is 67.5 Å². The zero-order chi connectivity index (χ0) is 32.1. The number of benzene rings is 2. The Balaban J connectivity index is 0.000000141. The second kappa shape index (κ2) is 12.8. The normalized spacial score (nSPS) is 27.4. The van der Waals surface area contributed by atoms with E-state index < -0.39 is 0 Å². The van der Waals surface area contributed by atoms with Crippen LogP contribution < -0.4 is 5.32 Å². The molecule has 0 spiro atoms. The molecule has 246 valence electrons. The molecular weight excluding hydrogens is 607 g/mol. The molecule has 4 unspecified atom stereocenters. The Morgan fingerprint density at radius 2 is 1.62 bits per heavy atom. The SMILES string of the molecule is CN(Cc1[nH]nc2ccccc12)C1CC2CCC(C1)N2C.CN1C2CCC1CC(NC(=O)c1n[nH]c3cc(-c4nccs4)ccc13)C2. The molecule has 4 saturated heterocycles. The second-order valence-corrected chi connectivity index (χ2v) is 15.1. The number of hydrogen-bond donors (Lipinski definition) is 3. The number of fused-ring (bicyclic) bond motifs is 6. The molecule has 7 heterocycles. The van der Waals surface area contributed by atoms with Crippen molar-refractivity contribution < 1.29 is 4.79 Å². The highest BCUT2D eigenvalue weighted by Gasteiger charge is 2.40. The zero-order valence-electron chi connectivity index (χ0n) is 27.5. The van der Waals surface area contributed by atoms with Crippen molar-refractivity contribution in [1.82, 2.24) is 45.4 Å². The van der Waals surface area contributed by atoms with Gasteiger partial charge in [-0.25, -0.2) is 4.98 Å². The van der Waals surface area contributed by atoms with Crippen LogP contribution in [0.3, 0.4) is 0 Å². The van der Waals surface area contributed by atoms with Gasteiger partial charge in [0.1, 0.15) is 5.01 Å². The van der Waals surface area contributed by atoms with Gasteiger partial charge < -0.3 is 15.1 Å². The molecule has 1 amide bonds. The number of thiazole rings is 1. The van der Waals surface area contributed by atoms with Gasteiger partial charge in [-0.2, -0.15) is 10.2 Å². The fourth-order valence-electron chi connectivity index (χ4n) is 8.73. The summed E-state index contributed by atoms with van der Waals surface area (Å²) in [7, 11) is 6.79. The molecule has 2 aromatic carbocycles. The van der Waals surface area contributed by atoms with Gasteiger partial charge in [-0.05, 0) is 90.7 Å². The van der Waals surface area contributed by atoms with Crippen molar-refractivity contribution in [3.63, 3.8) is 0 Å². The molecule has 9 rings (SSSR count). The molecule has 0 saturated carbocycles. The summed E-state index contributed by atoms with van der Waals surface area (Å²) in [5.74, 6) is -0.0767. The second-order valence-electron chi connectivity index (χ2n) is 14.2. The number of carbonyl (C=O) groups is 1. The molecule has 3 aromatic heterocycles. The smallest absolute Gasteiger partial charge is 0.272 e. The van der Waals surface area contributed by atoms with Gasteiger partial charge in [0.05, 0.1) is 16.7 Å². The van der Waals surface area contributed by atoms with E-state index in [9.17, 15) is 4.79 Å². The lowest BCUT2D eigenvalue weighted by Gasteiger charge is -2.40. The van der Waals surface area contributed by atoms with Gasteiger partial charge >= 0.3 is 0 Å². The lowest BCUT2D eigenvalue weighted by atomic mass is 9.96. The van der Waals surface area contributed by atoms with Crippen LogP contribution in [-0.2, 0) is 6.54 Å². The van der Waals surface area contributed by atoms with Crippen molar-refractivity contribution in [3.05, 3.63) is 65.4 Å². The third-order valence-corrected chi connectivity index (χ3v) is 12.4. The monoisotopic (exact) mass is 651 g/mol. The number of piperidine rings is 2. The quantitative estimate of drug-likeness (QED) is 0.217. The van der Waals surface area contributed by atoms with Crippen LogP contribution in [0, 0.1) is 0 Å². The predicted octanol–water partition coefficient (Wildman–Crippen LogP) is 5.66. The first kappa shape index (κ1) is 30.7. The number of H-pyrrole nitrogens is 2. The summed E-state index contributed by atoms with van der Waals surface area (Å²) >= 11 is 1.60. The van der Waals surface area contributed by atoms with E-state index in [0.717, 1.165) is 58.5 Å². The van der Waals surface area contributed by atoms with Gasteiger partial charge in [-0.15, -0.1) is 11.3 Å². The Morgan fingerprint density at radius 1 is 0.915 bits per heavy atom. The van der Waals surface area contributed by atoms with Gasteiger partial charge in [0.2, 0.25) is 0 Å². The number of rotatable bonds is 6. The average molecular weight is 652 g/mol. The van der Waals surface area contributed by atoms with Crippen LogP contribution in [0.25, 0.3) is 32.4 Å². The minimum Gasteiger partial charge on any atom is -0.348 e. The first-order valence-corrected chi connectivity index (χ1v) is 18.0. The van der Waals surface area contributed by atoms with Crippen molar-refractivity contribution in [2.75, 3.05) is 21.1 Å². The molecule has 47 heavy (non-hydrogen) atoms. The molecule has 4 fully saturated rings. The first-order chi connectivity index (χ1) is 22.9. The Kier molecular flexibility index (Phi) is 8.33. The van der Waals surface area contributed by atoms with E-state index in [1.165, 1.54) is 49.6 Å². The van der Waals surface area contributed by atoms with E-state index in [2.05, 4.69) is 84.7 Å². The van der Waals surface area contributed by atoms with E-state index in [4.69, 9.17) is 0 Å². The van der Waals surface area contributed by atoms with Crippen molar-refractivity contribution in [2.45, 2.75) is 94.2 Å². The summed E-state index contributed by atoms with van der Waals surface area (Å²) in [5.41, 5.74) is 4.71. The summed E-state index contributed by atoms with van der Waals surface area (Å²) in [4.78, 5) is 24.8. The van der Waals surface area contributed by atoms with Crippen LogP contribution in [-0.4, -0.2) is 103 Å². The number of amides is 1. The molecular formula is C36H45N9OS. The topological polar surface area (TPSA) is 109 Å². The van der Waals surface area contributed by atoms with Gasteiger partial charge in [-0.3, -0.25) is 19.9 Å². The highest BCUT2D eigenvalue weighted by molar-refractivity contribution is 7.13. The molecule has 10 nitrogen and oxygen atoms in total. The van der Waals surface area contributed by atoms with Crippen LogP contribution in [0.15, 0.2) is 54.0 Å². The number of nitrogens with zero attached hydrogens (tertiary/aromatic N) is 6. The van der Waals surface area contributed by atoms with E-state index in [-0.39, 0.29) is 11.9 Å². The van der Waals surface area contributed by atoms with Crippen LogP contribution in [0.5, 0.6) is 0 Å². The van der Waals surface area contributed by atoms with Crippen LogP contribution in [0.2, 0.25) is 0 Å². The molecule has 0 aliphatic carbocycles. The van der Waals surface area contributed by atoms with Crippen LogP contribution >= 0.6 is 11.3 Å². The Hall–Kier alpha value is -3.64. The third-order valence-electron chi connectivity index (χ3n) is 11.5. The van der Waals surface area contributed by atoms with E-state index in [1.54, 1.807) is 17.5 Å². The summed E-state index contributed by atoms with van der Waals surface area (Å²) in [6, 6.07) is 18.1. The molecule has 4 aliphatic rings. The van der Waals surface area contributed by atoms with Crippen molar-refractivity contribution >= 4 is 39.0 Å². The fourth-order valence-corrected chi connectivity index (χ4v) is 9.37. The van der Waals surface area contributed by atoms with E-state index in [1.807, 2.05) is 29.6 Å². The summed E-state index contributed by atoms with van der Waals surface area (Å²) in [6.45, 7) is 0.967. The average Bonchev–Trinajstić information content (AvgIpc) is 3.90. The highest BCUT2D eigenvalue weighted by atomic mass is 32.1. The zero-order valence-corrected chi connectivity index (χ0v) is 28.3. The van der Waals surface area contributed by atoms with Gasteiger partial charge in [0, 0.05) is 70.7 Å². The fraction of sp³-hybridized carbons (Fsp3) is 0.500. The number of carbonyl (C=O) groups excluding carboxylic acids is 1. The predicted molar refractivity (Wildman–Crippen MR) is 187 cm³/mol. The number of aromatic amines is 2. The largest absolute Gasteiger partial charge is 0.348 e. The van der Waals surface area contributed by atoms with Gasteiger partial charge in [0.25, 0.3) is 5.91 Å². The molecule has 0 radical (unpaired) electrons. The molecule has 5 aromatic rings. The Bertz CT molecular complexity index is 1820. The summed E-state index contributed by atoms with van der Waals surface area (Å²) in [5, 5.41) is 23.2. The Morgan fingerprint density at radius 3 is 2.32 bits per heavy atom.